The summed E-state index contributed by atoms with van der Waals surface area (Å²) in [6.07, 6.45) is 6.36. The highest BCUT2D eigenvalue weighted by Gasteiger charge is 2.17. The van der Waals surface area contributed by atoms with Crippen LogP contribution in [0.2, 0.25) is 0 Å². The Morgan fingerprint density at radius 2 is 2.15 bits per heavy atom. The Labute approximate surface area is 114 Å². The third-order valence-corrected chi connectivity index (χ3v) is 2.70. The summed E-state index contributed by atoms with van der Waals surface area (Å²) in [4.78, 5) is 22.1. The maximum absolute atomic E-state index is 11.6. The van der Waals surface area contributed by atoms with E-state index in [4.69, 9.17) is 5.84 Å². The highest BCUT2D eigenvalue weighted by molar-refractivity contribution is 5.99. The van der Waals surface area contributed by atoms with E-state index in [1.54, 1.807) is 36.6 Å². The van der Waals surface area contributed by atoms with Crippen molar-refractivity contribution < 1.29 is 9.72 Å². The summed E-state index contributed by atoms with van der Waals surface area (Å²) in [5, 5.41) is 13.8. The van der Waals surface area contributed by atoms with E-state index < -0.39 is 10.8 Å². The number of carbonyl (C=O) groups is 1. The smallest absolute Gasteiger partial charge is 0.276 e. The van der Waals surface area contributed by atoms with Gasteiger partial charge in [-0.15, -0.1) is 0 Å². The van der Waals surface area contributed by atoms with Crippen molar-refractivity contribution in [1.82, 2.24) is 10.7 Å². The minimum atomic E-state index is -0.480. The molecule has 0 atom stereocenters. The first kappa shape index (κ1) is 13.5. The third kappa shape index (κ3) is 2.73. The van der Waals surface area contributed by atoms with Crippen molar-refractivity contribution in [3.8, 4) is 0 Å². The topological polar surface area (TPSA) is 110 Å². The van der Waals surface area contributed by atoms with Crippen LogP contribution in [0.3, 0.4) is 0 Å². The highest BCUT2D eigenvalue weighted by atomic mass is 16.6. The number of allylic oxidation sites excluding steroid dienone is 2. The lowest BCUT2D eigenvalue weighted by Crippen LogP contribution is -2.34. The van der Waals surface area contributed by atoms with Crippen LogP contribution in [0.15, 0.2) is 53.9 Å². The molecule has 0 aliphatic carbocycles. The van der Waals surface area contributed by atoms with E-state index in [2.05, 4.69) is 5.32 Å². The van der Waals surface area contributed by atoms with E-state index in [1.165, 1.54) is 12.1 Å². The fraction of sp³-hybridized carbons (Fsp3) is 0. The van der Waals surface area contributed by atoms with Gasteiger partial charge in [-0.05, 0) is 24.3 Å². The zero-order valence-corrected chi connectivity index (χ0v) is 10.4. The van der Waals surface area contributed by atoms with Gasteiger partial charge >= 0.3 is 0 Å². The van der Waals surface area contributed by atoms with Gasteiger partial charge in [-0.25, -0.2) is 5.84 Å². The molecular weight excluding hydrogens is 260 g/mol. The Morgan fingerprint density at radius 3 is 2.85 bits per heavy atom. The van der Waals surface area contributed by atoms with Crippen molar-refractivity contribution in [2.75, 3.05) is 0 Å². The van der Waals surface area contributed by atoms with Crippen LogP contribution < -0.4 is 16.6 Å². The van der Waals surface area contributed by atoms with Gasteiger partial charge in [-0.1, -0.05) is 12.1 Å². The van der Waals surface area contributed by atoms with Crippen molar-refractivity contribution in [2.45, 2.75) is 0 Å². The molecular formula is C13H12N4O3. The first-order valence-electron chi connectivity index (χ1n) is 5.73. The Hall–Kier alpha value is -2.93. The lowest BCUT2D eigenvalue weighted by Gasteiger charge is -2.13. The average Bonchev–Trinajstić information content (AvgIpc) is 2.47. The molecule has 2 rings (SSSR count). The van der Waals surface area contributed by atoms with Gasteiger partial charge in [0.15, 0.2) is 0 Å². The molecule has 0 bridgehead atoms. The van der Waals surface area contributed by atoms with E-state index in [0.717, 1.165) is 0 Å². The number of para-hydroxylation sites is 1. The number of amides is 1. The van der Waals surface area contributed by atoms with Crippen molar-refractivity contribution in [2.24, 2.45) is 5.84 Å². The fourth-order valence-electron chi connectivity index (χ4n) is 1.78. The molecule has 7 heteroatoms. The number of hydrogen-bond acceptors (Lipinski definition) is 5. The SMILES string of the molecule is NNC(=O)C1=CC=CNC1=Cc1ccccc1[N+](=O)[O-]. The number of nitro benzene ring substituents is 1. The average molecular weight is 272 g/mol. The van der Waals surface area contributed by atoms with Crippen LogP contribution in [0.4, 0.5) is 5.69 Å². The van der Waals surface area contributed by atoms with Crippen molar-refractivity contribution in [1.29, 1.82) is 0 Å². The lowest BCUT2D eigenvalue weighted by atomic mass is 10.1. The van der Waals surface area contributed by atoms with Gasteiger partial charge in [0.1, 0.15) is 0 Å². The predicted octanol–water partition coefficient (Wildman–Crippen LogP) is 0.969. The second-order valence-corrected chi connectivity index (χ2v) is 3.93. The number of nitro groups is 1. The van der Waals surface area contributed by atoms with Gasteiger partial charge in [0.2, 0.25) is 0 Å². The Bertz CT molecular complexity index is 647. The molecule has 1 aliphatic rings. The number of dihydropyridines is 1. The lowest BCUT2D eigenvalue weighted by molar-refractivity contribution is -0.385. The van der Waals surface area contributed by atoms with Crippen molar-refractivity contribution in [3.05, 3.63) is 69.6 Å². The summed E-state index contributed by atoms with van der Waals surface area (Å²) in [6.45, 7) is 0. The van der Waals surface area contributed by atoms with Crippen LogP contribution in [0.5, 0.6) is 0 Å². The van der Waals surface area contributed by atoms with Gasteiger partial charge < -0.3 is 5.32 Å². The molecule has 0 radical (unpaired) electrons. The summed E-state index contributed by atoms with van der Waals surface area (Å²) in [5.41, 5.74) is 3.12. The molecule has 4 N–H and O–H groups in total. The van der Waals surface area contributed by atoms with Crippen LogP contribution in [0.1, 0.15) is 5.56 Å². The van der Waals surface area contributed by atoms with Gasteiger partial charge in [-0.3, -0.25) is 20.3 Å². The zero-order valence-electron chi connectivity index (χ0n) is 10.4. The standard InChI is InChI=1S/C13H12N4O3/c14-16-13(18)10-5-3-7-15-11(10)8-9-4-1-2-6-12(9)17(19)20/h1-8,15H,14H2,(H,16,18). The third-order valence-electron chi connectivity index (χ3n) is 2.70. The van der Waals surface area contributed by atoms with E-state index in [-0.39, 0.29) is 5.69 Å². The largest absolute Gasteiger partial charge is 0.361 e. The molecule has 0 unspecified atom stereocenters. The fourth-order valence-corrected chi connectivity index (χ4v) is 1.78. The van der Waals surface area contributed by atoms with E-state index in [0.29, 0.717) is 16.8 Å². The van der Waals surface area contributed by atoms with Crippen LogP contribution in [-0.4, -0.2) is 10.8 Å². The monoisotopic (exact) mass is 272 g/mol. The summed E-state index contributed by atoms with van der Waals surface area (Å²) in [5.74, 6) is 4.63. The molecule has 1 amide bonds. The van der Waals surface area contributed by atoms with E-state index in [1.807, 2.05) is 5.43 Å². The molecule has 7 nitrogen and oxygen atoms in total. The number of benzene rings is 1. The molecule has 1 heterocycles. The number of hydrogen-bond donors (Lipinski definition) is 3. The highest BCUT2D eigenvalue weighted by Crippen LogP contribution is 2.23. The van der Waals surface area contributed by atoms with E-state index >= 15 is 0 Å². The summed E-state index contributed by atoms with van der Waals surface area (Å²) < 4.78 is 0. The summed E-state index contributed by atoms with van der Waals surface area (Å²) >= 11 is 0. The maximum Gasteiger partial charge on any atom is 0.276 e. The quantitative estimate of drug-likeness (QED) is 0.328. The number of carbonyl (C=O) groups excluding carboxylic acids is 1. The van der Waals surface area contributed by atoms with Gasteiger partial charge in [0.05, 0.1) is 21.8 Å². The molecule has 0 saturated heterocycles. The zero-order chi connectivity index (χ0) is 14.5. The molecule has 102 valence electrons. The van der Waals surface area contributed by atoms with Gasteiger partial charge in [-0.2, -0.15) is 0 Å². The Kier molecular flexibility index (Phi) is 3.92. The minimum Gasteiger partial charge on any atom is -0.361 e. The normalized spacial score (nSPS) is 15.4. The number of rotatable bonds is 3. The van der Waals surface area contributed by atoms with Crippen LogP contribution >= 0.6 is 0 Å². The van der Waals surface area contributed by atoms with Crippen LogP contribution in [-0.2, 0) is 4.79 Å². The minimum absolute atomic E-state index is 0.0381. The first-order valence-corrected chi connectivity index (χ1v) is 5.73. The van der Waals surface area contributed by atoms with Gasteiger partial charge in [0.25, 0.3) is 11.6 Å². The second kappa shape index (κ2) is 5.81. The van der Waals surface area contributed by atoms with Crippen molar-refractivity contribution >= 4 is 17.7 Å². The molecule has 1 aliphatic heterocycles. The predicted molar refractivity (Wildman–Crippen MR) is 73.8 cm³/mol. The number of nitrogens with one attached hydrogen (secondary N) is 2. The van der Waals surface area contributed by atoms with Crippen LogP contribution in [0, 0.1) is 10.1 Å². The van der Waals surface area contributed by atoms with E-state index in [9.17, 15) is 14.9 Å². The summed E-state index contributed by atoms with van der Waals surface area (Å²) in [7, 11) is 0. The maximum atomic E-state index is 11.6. The van der Waals surface area contributed by atoms with Gasteiger partial charge in [0, 0.05) is 12.3 Å². The van der Waals surface area contributed by atoms with Crippen LogP contribution in [0.25, 0.3) is 6.08 Å². The first-order chi connectivity index (χ1) is 9.63. The number of hydrazine groups is 1. The Morgan fingerprint density at radius 1 is 1.40 bits per heavy atom. The molecule has 0 spiro atoms. The molecule has 0 aromatic heterocycles. The van der Waals surface area contributed by atoms with Crippen molar-refractivity contribution in [3.63, 3.8) is 0 Å². The molecule has 1 aromatic carbocycles. The molecule has 20 heavy (non-hydrogen) atoms. The Balaban J connectivity index is 2.45. The molecule has 0 saturated carbocycles. The summed E-state index contributed by atoms with van der Waals surface area (Å²) in [6, 6.07) is 6.27. The second-order valence-electron chi connectivity index (χ2n) is 3.93. The molecule has 0 fully saturated rings. The molecule has 1 aromatic rings. The number of nitrogens with two attached hydrogens (primary N) is 1. The number of nitrogens with zero attached hydrogens (tertiary/aromatic N) is 1.